The molecule has 108 valence electrons. The Hall–Kier alpha value is -1.49. The predicted molar refractivity (Wildman–Crippen MR) is 78.8 cm³/mol. The maximum atomic E-state index is 12.1. The molecule has 0 spiro atoms. The van der Waals surface area contributed by atoms with E-state index in [2.05, 4.69) is 5.32 Å². The van der Waals surface area contributed by atoms with Crippen molar-refractivity contribution < 1.29 is 14.7 Å². The van der Waals surface area contributed by atoms with E-state index in [1.165, 1.54) is 10.5 Å². The highest BCUT2D eigenvalue weighted by atomic mass is 32.2. The van der Waals surface area contributed by atoms with E-state index in [9.17, 15) is 9.59 Å². The van der Waals surface area contributed by atoms with Crippen LogP contribution in [-0.2, 0) is 16.0 Å². The van der Waals surface area contributed by atoms with Gasteiger partial charge < -0.3 is 10.4 Å². The SMILES string of the molecule is CC(C)(CCNC(=O)C1Cc2ccccc2S1)C(=O)O. The van der Waals surface area contributed by atoms with Gasteiger partial charge in [0.2, 0.25) is 5.91 Å². The highest BCUT2D eigenvalue weighted by Crippen LogP contribution is 2.36. The van der Waals surface area contributed by atoms with E-state index >= 15 is 0 Å². The van der Waals surface area contributed by atoms with E-state index in [4.69, 9.17) is 5.11 Å². The number of hydrogen-bond acceptors (Lipinski definition) is 3. The molecule has 0 aromatic heterocycles. The van der Waals surface area contributed by atoms with E-state index in [0.29, 0.717) is 13.0 Å². The molecule has 5 heteroatoms. The van der Waals surface area contributed by atoms with Crippen LogP contribution in [-0.4, -0.2) is 28.8 Å². The van der Waals surface area contributed by atoms with Gasteiger partial charge in [-0.2, -0.15) is 0 Å². The van der Waals surface area contributed by atoms with Gasteiger partial charge >= 0.3 is 5.97 Å². The third-order valence-electron chi connectivity index (χ3n) is 3.57. The molecule has 4 nitrogen and oxygen atoms in total. The largest absolute Gasteiger partial charge is 0.481 e. The lowest BCUT2D eigenvalue weighted by Gasteiger charge is -2.19. The van der Waals surface area contributed by atoms with E-state index in [-0.39, 0.29) is 11.2 Å². The van der Waals surface area contributed by atoms with Crippen LogP contribution in [0, 0.1) is 5.41 Å². The summed E-state index contributed by atoms with van der Waals surface area (Å²) in [6.07, 6.45) is 1.17. The zero-order valence-electron chi connectivity index (χ0n) is 11.7. The number of fused-ring (bicyclic) bond motifs is 1. The molecule has 1 aliphatic heterocycles. The molecule has 1 amide bonds. The van der Waals surface area contributed by atoms with Crippen LogP contribution in [0.4, 0.5) is 0 Å². The topological polar surface area (TPSA) is 66.4 Å². The maximum Gasteiger partial charge on any atom is 0.309 e. The molecule has 0 aliphatic carbocycles. The number of rotatable bonds is 5. The number of aliphatic carboxylic acids is 1. The summed E-state index contributed by atoms with van der Waals surface area (Å²) in [6.45, 7) is 3.73. The molecule has 2 rings (SSSR count). The second-order valence-corrected chi connectivity index (χ2v) is 6.89. The number of carboxylic acids is 1. The van der Waals surface area contributed by atoms with Gasteiger partial charge in [-0.15, -0.1) is 11.8 Å². The summed E-state index contributed by atoms with van der Waals surface area (Å²) in [5.74, 6) is -0.846. The number of hydrogen-bond donors (Lipinski definition) is 2. The average Bonchev–Trinajstić information content (AvgIpc) is 2.82. The molecule has 2 N–H and O–H groups in total. The van der Waals surface area contributed by atoms with Crippen LogP contribution in [0.25, 0.3) is 0 Å². The quantitative estimate of drug-likeness (QED) is 0.874. The smallest absolute Gasteiger partial charge is 0.309 e. The van der Waals surface area contributed by atoms with Crippen molar-refractivity contribution in [2.75, 3.05) is 6.54 Å². The summed E-state index contributed by atoms with van der Waals surface area (Å²) in [6, 6.07) is 8.03. The summed E-state index contributed by atoms with van der Waals surface area (Å²) < 4.78 is 0. The van der Waals surface area contributed by atoms with Crippen LogP contribution in [0.2, 0.25) is 0 Å². The molecule has 1 unspecified atom stereocenters. The summed E-state index contributed by atoms with van der Waals surface area (Å²) in [5, 5.41) is 11.8. The number of amides is 1. The van der Waals surface area contributed by atoms with Crippen molar-refractivity contribution in [3.63, 3.8) is 0 Å². The average molecular weight is 293 g/mol. The molecule has 1 aromatic carbocycles. The molecule has 1 aromatic rings. The first-order valence-electron chi connectivity index (χ1n) is 6.66. The monoisotopic (exact) mass is 293 g/mol. The first-order chi connectivity index (χ1) is 9.40. The Kier molecular flexibility index (Phi) is 4.38. The lowest BCUT2D eigenvalue weighted by Crippen LogP contribution is -2.36. The minimum Gasteiger partial charge on any atom is -0.481 e. The van der Waals surface area contributed by atoms with Crippen molar-refractivity contribution in [1.29, 1.82) is 0 Å². The summed E-state index contributed by atoms with van der Waals surface area (Å²) >= 11 is 1.58. The normalized spacial score (nSPS) is 17.6. The van der Waals surface area contributed by atoms with Gasteiger partial charge in [0.1, 0.15) is 0 Å². The van der Waals surface area contributed by atoms with E-state index in [0.717, 1.165) is 6.42 Å². The van der Waals surface area contributed by atoms with Gasteiger partial charge in [0.15, 0.2) is 0 Å². The van der Waals surface area contributed by atoms with Crippen molar-refractivity contribution in [2.45, 2.75) is 36.8 Å². The van der Waals surface area contributed by atoms with Crippen molar-refractivity contribution in [3.8, 4) is 0 Å². The fraction of sp³-hybridized carbons (Fsp3) is 0.467. The van der Waals surface area contributed by atoms with E-state index in [1.54, 1.807) is 25.6 Å². The molecule has 1 atom stereocenters. The molecule has 0 radical (unpaired) electrons. The predicted octanol–water partition coefficient (Wildman–Crippen LogP) is 2.32. The van der Waals surface area contributed by atoms with Crippen molar-refractivity contribution >= 4 is 23.6 Å². The molecule has 20 heavy (non-hydrogen) atoms. The van der Waals surface area contributed by atoms with Crippen LogP contribution in [0.3, 0.4) is 0 Å². The Labute approximate surface area is 123 Å². The van der Waals surface area contributed by atoms with Gasteiger partial charge in [-0.05, 0) is 38.3 Å². The number of benzene rings is 1. The van der Waals surface area contributed by atoms with Gasteiger partial charge in [0, 0.05) is 11.4 Å². The van der Waals surface area contributed by atoms with Crippen LogP contribution < -0.4 is 5.32 Å². The number of thioether (sulfide) groups is 1. The minimum atomic E-state index is -0.839. The molecular weight excluding hydrogens is 274 g/mol. The van der Waals surface area contributed by atoms with Gasteiger partial charge in [0.05, 0.1) is 10.7 Å². The van der Waals surface area contributed by atoms with Crippen LogP contribution in [0.5, 0.6) is 0 Å². The summed E-state index contributed by atoms with van der Waals surface area (Å²) in [4.78, 5) is 24.2. The number of carboxylic acid groups (broad SMARTS) is 1. The molecule has 0 fully saturated rings. The Morgan fingerprint density at radius 3 is 2.75 bits per heavy atom. The Morgan fingerprint density at radius 1 is 1.40 bits per heavy atom. The first kappa shape index (κ1) is 14.9. The Balaban J connectivity index is 1.82. The molecule has 1 aliphatic rings. The molecule has 0 saturated heterocycles. The van der Waals surface area contributed by atoms with Gasteiger partial charge in [-0.3, -0.25) is 9.59 Å². The summed E-state index contributed by atoms with van der Waals surface area (Å²) in [7, 11) is 0. The van der Waals surface area contributed by atoms with Crippen molar-refractivity contribution in [2.24, 2.45) is 5.41 Å². The maximum absolute atomic E-state index is 12.1. The van der Waals surface area contributed by atoms with E-state index in [1.807, 2.05) is 24.3 Å². The second-order valence-electron chi connectivity index (χ2n) is 5.65. The van der Waals surface area contributed by atoms with Gasteiger partial charge in [-0.1, -0.05) is 18.2 Å². The zero-order valence-corrected chi connectivity index (χ0v) is 12.5. The molecule has 0 saturated carbocycles. The Morgan fingerprint density at radius 2 is 2.10 bits per heavy atom. The van der Waals surface area contributed by atoms with Crippen molar-refractivity contribution in [3.05, 3.63) is 29.8 Å². The Bertz CT molecular complexity index is 503. The third kappa shape index (κ3) is 3.33. The highest BCUT2D eigenvalue weighted by molar-refractivity contribution is 8.01. The van der Waals surface area contributed by atoms with E-state index < -0.39 is 11.4 Å². The summed E-state index contributed by atoms with van der Waals surface area (Å²) in [5.41, 5.74) is 0.405. The molecule has 0 bridgehead atoms. The van der Waals surface area contributed by atoms with Crippen LogP contribution in [0.15, 0.2) is 29.2 Å². The highest BCUT2D eigenvalue weighted by Gasteiger charge is 2.29. The fourth-order valence-corrected chi connectivity index (χ4v) is 3.27. The second kappa shape index (κ2) is 5.87. The fourth-order valence-electron chi connectivity index (χ4n) is 2.05. The van der Waals surface area contributed by atoms with Crippen molar-refractivity contribution in [1.82, 2.24) is 5.32 Å². The van der Waals surface area contributed by atoms with Gasteiger partial charge in [0.25, 0.3) is 0 Å². The standard InChI is InChI=1S/C15H19NO3S/c1-15(2,14(18)19)7-8-16-13(17)12-9-10-5-3-4-6-11(10)20-12/h3-6,12H,7-9H2,1-2H3,(H,16,17)(H,18,19). The lowest BCUT2D eigenvalue weighted by atomic mass is 9.90. The number of carbonyl (C=O) groups is 2. The number of nitrogens with one attached hydrogen (secondary N) is 1. The lowest BCUT2D eigenvalue weighted by molar-refractivity contribution is -0.147. The first-order valence-corrected chi connectivity index (χ1v) is 7.54. The zero-order chi connectivity index (χ0) is 14.8. The molecule has 1 heterocycles. The third-order valence-corrected chi connectivity index (χ3v) is 4.89. The van der Waals surface area contributed by atoms with Crippen LogP contribution >= 0.6 is 11.8 Å². The van der Waals surface area contributed by atoms with Gasteiger partial charge in [-0.25, -0.2) is 0 Å². The molecular formula is C15H19NO3S. The minimum absolute atomic E-state index is 0.00705. The number of carbonyl (C=O) groups excluding carboxylic acids is 1. The van der Waals surface area contributed by atoms with Crippen LogP contribution in [0.1, 0.15) is 25.8 Å².